The Morgan fingerprint density at radius 3 is 2.84 bits per heavy atom. The number of nitrogens with one attached hydrogen (secondary N) is 2. The predicted molar refractivity (Wildman–Crippen MR) is 71.2 cm³/mol. The number of aromatic carboxylic acids is 1. The Morgan fingerprint density at radius 1 is 1.42 bits per heavy atom. The van der Waals surface area contributed by atoms with Crippen molar-refractivity contribution in [2.75, 3.05) is 44.6 Å². The van der Waals surface area contributed by atoms with Gasteiger partial charge in [-0.05, 0) is 12.1 Å². The van der Waals surface area contributed by atoms with Gasteiger partial charge in [0.25, 0.3) is 0 Å². The van der Waals surface area contributed by atoms with E-state index in [9.17, 15) is 9.18 Å². The summed E-state index contributed by atoms with van der Waals surface area (Å²) in [4.78, 5) is 13.3. The van der Waals surface area contributed by atoms with Gasteiger partial charge in [-0.15, -0.1) is 0 Å². The fourth-order valence-corrected chi connectivity index (χ4v) is 2.16. The summed E-state index contributed by atoms with van der Waals surface area (Å²) in [7, 11) is 0. The number of carboxylic acid groups (broad SMARTS) is 1. The molecule has 5 nitrogen and oxygen atoms in total. The molecule has 0 aromatic heterocycles. The average molecular weight is 267 g/mol. The molecule has 1 aromatic rings. The smallest absolute Gasteiger partial charge is 0.337 e. The third-order valence-electron chi connectivity index (χ3n) is 3.18. The largest absolute Gasteiger partial charge is 0.478 e. The minimum atomic E-state index is -1.12. The van der Waals surface area contributed by atoms with Crippen molar-refractivity contribution in [3.05, 3.63) is 29.6 Å². The van der Waals surface area contributed by atoms with Gasteiger partial charge in [0.2, 0.25) is 0 Å². The van der Waals surface area contributed by atoms with Crippen molar-refractivity contribution < 1.29 is 14.3 Å². The van der Waals surface area contributed by atoms with Gasteiger partial charge in [0, 0.05) is 39.3 Å². The Balaban J connectivity index is 1.93. The molecule has 0 unspecified atom stereocenters. The van der Waals surface area contributed by atoms with Crippen LogP contribution in [0, 0.1) is 5.82 Å². The number of carboxylic acids is 1. The van der Waals surface area contributed by atoms with Gasteiger partial charge in [0.15, 0.2) is 0 Å². The van der Waals surface area contributed by atoms with Crippen molar-refractivity contribution in [3.63, 3.8) is 0 Å². The van der Waals surface area contributed by atoms with Crippen LogP contribution in [0.15, 0.2) is 18.2 Å². The summed E-state index contributed by atoms with van der Waals surface area (Å²) in [5.74, 6) is -1.65. The third kappa shape index (κ3) is 3.65. The molecule has 2 rings (SSSR count). The first-order valence-corrected chi connectivity index (χ1v) is 6.37. The van der Waals surface area contributed by atoms with Gasteiger partial charge in [0.1, 0.15) is 5.82 Å². The molecule has 0 amide bonds. The second kappa shape index (κ2) is 6.49. The maximum Gasteiger partial charge on any atom is 0.337 e. The van der Waals surface area contributed by atoms with E-state index in [0.29, 0.717) is 6.54 Å². The first-order valence-electron chi connectivity index (χ1n) is 6.37. The first kappa shape index (κ1) is 13.8. The van der Waals surface area contributed by atoms with Crippen molar-refractivity contribution in [1.29, 1.82) is 0 Å². The van der Waals surface area contributed by atoms with E-state index in [1.807, 2.05) is 0 Å². The first-order chi connectivity index (χ1) is 9.18. The topological polar surface area (TPSA) is 64.6 Å². The number of benzene rings is 1. The fourth-order valence-electron chi connectivity index (χ4n) is 2.16. The quantitative estimate of drug-likeness (QED) is 0.738. The Hall–Kier alpha value is -1.66. The molecule has 1 aliphatic heterocycles. The number of para-hydroxylation sites is 1. The molecule has 19 heavy (non-hydrogen) atoms. The van der Waals surface area contributed by atoms with Crippen LogP contribution in [0.3, 0.4) is 0 Å². The van der Waals surface area contributed by atoms with E-state index in [1.54, 1.807) is 0 Å². The van der Waals surface area contributed by atoms with Crippen LogP contribution < -0.4 is 10.6 Å². The lowest BCUT2D eigenvalue weighted by Crippen LogP contribution is -2.45. The zero-order valence-corrected chi connectivity index (χ0v) is 10.7. The molecule has 1 aromatic carbocycles. The summed E-state index contributed by atoms with van der Waals surface area (Å²) in [6.45, 7) is 5.14. The van der Waals surface area contributed by atoms with Gasteiger partial charge >= 0.3 is 5.97 Å². The van der Waals surface area contributed by atoms with Crippen molar-refractivity contribution in [1.82, 2.24) is 10.2 Å². The Labute approximate surface area is 111 Å². The summed E-state index contributed by atoms with van der Waals surface area (Å²) in [6, 6.07) is 4.07. The highest BCUT2D eigenvalue weighted by molar-refractivity contribution is 5.94. The Morgan fingerprint density at radius 2 is 2.16 bits per heavy atom. The highest BCUT2D eigenvalue weighted by Gasteiger charge is 2.14. The lowest BCUT2D eigenvalue weighted by molar-refractivity contribution is 0.0697. The van der Waals surface area contributed by atoms with E-state index in [-0.39, 0.29) is 11.3 Å². The number of hydrogen-bond acceptors (Lipinski definition) is 4. The molecule has 104 valence electrons. The van der Waals surface area contributed by atoms with Crippen molar-refractivity contribution in [3.8, 4) is 0 Å². The SMILES string of the molecule is O=C(O)c1cccc(F)c1NCCN1CCNCC1. The van der Waals surface area contributed by atoms with Gasteiger partial charge in [-0.1, -0.05) is 6.07 Å². The number of hydrogen-bond donors (Lipinski definition) is 3. The van der Waals surface area contributed by atoms with E-state index in [1.165, 1.54) is 18.2 Å². The number of piperazine rings is 1. The van der Waals surface area contributed by atoms with Crippen molar-refractivity contribution >= 4 is 11.7 Å². The average Bonchev–Trinajstić information content (AvgIpc) is 2.41. The van der Waals surface area contributed by atoms with Crippen LogP contribution in [0.1, 0.15) is 10.4 Å². The molecule has 6 heteroatoms. The van der Waals surface area contributed by atoms with Gasteiger partial charge in [-0.2, -0.15) is 0 Å². The van der Waals surface area contributed by atoms with Crippen molar-refractivity contribution in [2.24, 2.45) is 0 Å². The standard InChI is InChI=1S/C13H18FN3O2/c14-11-3-1-2-10(13(18)19)12(11)16-6-9-17-7-4-15-5-8-17/h1-3,15-16H,4-9H2,(H,18,19). The van der Waals surface area contributed by atoms with Gasteiger partial charge in [-0.3, -0.25) is 4.90 Å². The summed E-state index contributed by atoms with van der Waals surface area (Å²) >= 11 is 0. The van der Waals surface area contributed by atoms with Gasteiger partial charge < -0.3 is 15.7 Å². The van der Waals surface area contributed by atoms with Crippen molar-refractivity contribution in [2.45, 2.75) is 0 Å². The molecule has 1 heterocycles. The molecule has 0 saturated carbocycles. The van der Waals surface area contributed by atoms with Crippen LogP contribution in [-0.4, -0.2) is 55.2 Å². The lowest BCUT2D eigenvalue weighted by atomic mass is 10.1. The number of halogens is 1. The summed E-state index contributed by atoms with van der Waals surface area (Å²) in [5, 5.41) is 15.2. The molecular weight excluding hydrogens is 249 g/mol. The molecule has 0 atom stereocenters. The van der Waals surface area contributed by atoms with E-state index in [2.05, 4.69) is 15.5 Å². The third-order valence-corrected chi connectivity index (χ3v) is 3.18. The number of anilines is 1. The zero-order chi connectivity index (χ0) is 13.7. The van der Waals surface area contributed by atoms with Crippen LogP contribution in [0.4, 0.5) is 10.1 Å². The lowest BCUT2D eigenvalue weighted by Gasteiger charge is -2.27. The fraction of sp³-hybridized carbons (Fsp3) is 0.462. The highest BCUT2D eigenvalue weighted by Crippen LogP contribution is 2.19. The summed E-state index contributed by atoms with van der Waals surface area (Å²) in [5.41, 5.74) is 0.0467. The maximum absolute atomic E-state index is 13.6. The van der Waals surface area contributed by atoms with E-state index in [4.69, 9.17) is 5.11 Å². The molecule has 0 bridgehead atoms. The second-order valence-corrected chi connectivity index (χ2v) is 4.49. The molecular formula is C13H18FN3O2. The normalized spacial score (nSPS) is 16.3. The minimum Gasteiger partial charge on any atom is -0.478 e. The summed E-state index contributed by atoms with van der Waals surface area (Å²) < 4.78 is 13.6. The predicted octanol–water partition coefficient (Wildman–Crippen LogP) is 0.841. The monoisotopic (exact) mass is 267 g/mol. The van der Waals surface area contributed by atoms with Gasteiger partial charge in [-0.25, -0.2) is 9.18 Å². The number of rotatable bonds is 5. The van der Waals surface area contributed by atoms with Crippen LogP contribution in [0.5, 0.6) is 0 Å². The zero-order valence-electron chi connectivity index (χ0n) is 10.7. The molecule has 0 radical (unpaired) electrons. The summed E-state index contributed by atoms with van der Waals surface area (Å²) in [6.07, 6.45) is 0. The highest BCUT2D eigenvalue weighted by atomic mass is 19.1. The van der Waals surface area contributed by atoms with Crippen LogP contribution in [0.2, 0.25) is 0 Å². The maximum atomic E-state index is 13.6. The molecule has 0 aliphatic carbocycles. The van der Waals surface area contributed by atoms with E-state index < -0.39 is 11.8 Å². The van der Waals surface area contributed by atoms with Gasteiger partial charge in [0.05, 0.1) is 11.3 Å². The number of carbonyl (C=O) groups is 1. The molecule has 0 spiro atoms. The van der Waals surface area contributed by atoms with Crippen LogP contribution in [0.25, 0.3) is 0 Å². The Bertz CT molecular complexity index is 448. The molecule has 1 fully saturated rings. The molecule has 1 saturated heterocycles. The van der Waals surface area contributed by atoms with E-state index >= 15 is 0 Å². The van der Waals surface area contributed by atoms with E-state index in [0.717, 1.165) is 32.7 Å². The minimum absolute atomic E-state index is 0.0275. The molecule has 3 N–H and O–H groups in total. The molecule has 1 aliphatic rings. The Kier molecular flexibility index (Phi) is 4.70. The van der Waals surface area contributed by atoms with Crippen LogP contribution in [-0.2, 0) is 0 Å². The number of nitrogens with zero attached hydrogens (tertiary/aromatic N) is 1. The second-order valence-electron chi connectivity index (χ2n) is 4.49. The van der Waals surface area contributed by atoms with Crippen LogP contribution >= 0.6 is 0 Å².